The summed E-state index contributed by atoms with van der Waals surface area (Å²) >= 11 is 0. The number of rotatable bonds is 7. The zero-order chi connectivity index (χ0) is 19.9. The maximum Gasteiger partial charge on any atom is 0.220 e. The van der Waals surface area contributed by atoms with E-state index in [9.17, 15) is 4.79 Å². The van der Waals surface area contributed by atoms with Crippen LogP contribution in [0, 0.1) is 0 Å². The summed E-state index contributed by atoms with van der Waals surface area (Å²) in [6.45, 7) is 0.550. The summed E-state index contributed by atoms with van der Waals surface area (Å²) in [6, 6.07) is 30.1. The zero-order valence-electron chi connectivity index (χ0n) is 16.2. The van der Waals surface area contributed by atoms with E-state index in [0.717, 1.165) is 28.1 Å². The predicted octanol–water partition coefficient (Wildman–Crippen LogP) is 4.79. The highest BCUT2D eigenvalue weighted by molar-refractivity contribution is 5.76. The topological polar surface area (TPSA) is 46.9 Å². The maximum atomic E-state index is 12.4. The average molecular weight is 381 g/mol. The van der Waals surface area contributed by atoms with Crippen molar-refractivity contribution >= 4 is 5.91 Å². The molecule has 4 aromatic rings. The number of hydrogen-bond donors (Lipinski definition) is 1. The Bertz CT molecular complexity index is 1060. The molecule has 4 rings (SSSR count). The molecule has 0 saturated carbocycles. The first kappa shape index (κ1) is 18.7. The molecule has 1 aromatic heterocycles. The number of aryl methyl sites for hydroxylation is 1. The molecule has 29 heavy (non-hydrogen) atoms. The molecule has 144 valence electrons. The Balaban J connectivity index is 1.49. The lowest BCUT2D eigenvalue weighted by Crippen LogP contribution is -2.22. The molecule has 0 saturated heterocycles. The molecule has 0 aliphatic carbocycles. The Morgan fingerprint density at radius 3 is 2.14 bits per heavy atom. The van der Waals surface area contributed by atoms with Crippen LogP contribution in [0.3, 0.4) is 0 Å². The van der Waals surface area contributed by atoms with Gasteiger partial charge in [-0.2, -0.15) is 5.10 Å². The van der Waals surface area contributed by atoms with Crippen molar-refractivity contribution in [2.24, 2.45) is 0 Å². The molecule has 3 aromatic carbocycles. The van der Waals surface area contributed by atoms with E-state index in [1.54, 1.807) is 0 Å². The Labute approximate surface area is 170 Å². The Hall–Kier alpha value is -3.66. The molecular weight excluding hydrogens is 358 g/mol. The number of amides is 1. The quantitative estimate of drug-likeness (QED) is 0.500. The van der Waals surface area contributed by atoms with E-state index in [-0.39, 0.29) is 5.91 Å². The summed E-state index contributed by atoms with van der Waals surface area (Å²) in [6.07, 6.45) is 3.09. The van der Waals surface area contributed by atoms with Crippen molar-refractivity contribution in [3.63, 3.8) is 0 Å². The monoisotopic (exact) mass is 381 g/mol. The summed E-state index contributed by atoms with van der Waals surface area (Å²) in [7, 11) is 0. The van der Waals surface area contributed by atoms with Crippen molar-refractivity contribution in [1.82, 2.24) is 15.1 Å². The van der Waals surface area contributed by atoms with Gasteiger partial charge in [0.1, 0.15) is 0 Å². The van der Waals surface area contributed by atoms with Crippen LogP contribution in [0.25, 0.3) is 16.9 Å². The highest BCUT2D eigenvalue weighted by Crippen LogP contribution is 2.24. The van der Waals surface area contributed by atoms with Crippen molar-refractivity contribution in [3.05, 3.63) is 108 Å². The minimum atomic E-state index is 0.0420. The second-order valence-electron chi connectivity index (χ2n) is 6.91. The lowest BCUT2D eigenvalue weighted by atomic mass is 10.0. The molecule has 0 atom stereocenters. The predicted molar refractivity (Wildman–Crippen MR) is 116 cm³/mol. The average Bonchev–Trinajstić information content (AvgIpc) is 3.22. The molecule has 0 unspecified atom stereocenters. The van der Waals surface area contributed by atoms with Gasteiger partial charge < -0.3 is 5.32 Å². The Morgan fingerprint density at radius 1 is 0.828 bits per heavy atom. The molecule has 0 spiro atoms. The minimum absolute atomic E-state index is 0.0420. The highest BCUT2D eigenvalue weighted by Gasteiger charge is 2.13. The second-order valence-corrected chi connectivity index (χ2v) is 6.91. The van der Waals surface area contributed by atoms with Crippen LogP contribution in [0.2, 0.25) is 0 Å². The highest BCUT2D eigenvalue weighted by atomic mass is 16.1. The van der Waals surface area contributed by atoms with Gasteiger partial charge >= 0.3 is 0 Å². The minimum Gasteiger partial charge on any atom is -0.352 e. The van der Waals surface area contributed by atoms with Crippen LogP contribution in [-0.4, -0.2) is 15.7 Å². The largest absolute Gasteiger partial charge is 0.352 e. The molecule has 4 nitrogen and oxygen atoms in total. The van der Waals surface area contributed by atoms with Gasteiger partial charge in [-0.1, -0.05) is 78.9 Å². The van der Waals surface area contributed by atoms with E-state index in [2.05, 4.69) is 17.4 Å². The van der Waals surface area contributed by atoms with Crippen LogP contribution in [0.4, 0.5) is 0 Å². The van der Waals surface area contributed by atoms with Gasteiger partial charge in [-0.25, -0.2) is 4.68 Å². The smallest absolute Gasteiger partial charge is 0.220 e. The van der Waals surface area contributed by atoms with Gasteiger partial charge in [-0.3, -0.25) is 4.79 Å². The third-order valence-electron chi connectivity index (χ3n) is 4.81. The van der Waals surface area contributed by atoms with E-state index in [1.165, 1.54) is 0 Å². The first-order valence-corrected chi connectivity index (χ1v) is 9.79. The maximum absolute atomic E-state index is 12.4. The molecule has 0 aliphatic heterocycles. The summed E-state index contributed by atoms with van der Waals surface area (Å²) in [5.74, 6) is 0.0420. The lowest BCUT2D eigenvalue weighted by molar-refractivity contribution is -0.121. The van der Waals surface area contributed by atoms with Crippen LogP contribution < -0.4 is 5.32 Å². The second kappa shape index (κ2) is 9.02. The summed E-state index contributed by atoms with van der Waals surface area (Å²) < 4.78 is 1.89. The fraction of sp³-hybridized carbons (Fsp3) is 0.120. The molecule has 0 bridgehead atoms. The fourth-order valence-corrected chi connectivity index (χ4v) is 3.28. The number of carbonyl (C=O) groups excluding carboxylic acids is 1. The molecule has 1 heterocycles. The van der Waals surface area contributed by atoms with Crippen LogP contribution in [0.1, 0.15) is 17.5 Å². The molecule has 0 aliphatic rings. The summed E-state index contributed by atoms with van der Waals surface area (Å²) in [5.41, 5.74) is 5.15. The van der Waals surface area contributed by atoms with E-state index in [0.29, 0.717) is 19.4 Å². The number of carbonyl (C=O) groups is 1. The van der Waals surface area contributed by atoms with Crippen molar-refractivity contribution in [1.29, 1.82) is 0 Å². The number of hydrogen-bond acceptors (Lipinski definition) is 2. The fourth-order valence-electron chi connectivity index (χ4n) is 3.28. The standard InChI is InChI=1S/C25H23N3O/c29-24(26-18-20-10-4-1-5-11-20)17-16-22-19-28(23-14-8-3-9-15-23)27-25(22)21-12-6-2-7-13-21/h1-15,19H,16-18H2,(H,26,29). The van der Waals surface area contributed by atoms with E-state index >= 15 is 0 Å². The first-order chi connectivity index (χ1) is 14.3. The van der Waals surface area contributed by atoms with Crippen LogP contribution in [-0.2, 0) is 17.8 Å². The molecule has 1 amide bonds. The SMILES string of the molecule is O=C(CCc1cn(-c2ccccc2)nc1-c1ccccc1)NCc1ccccc1. The van der Waals surface area contributed by atoms with E-state index in [1.807, 2.05) is 89.7 Å². The van der Waals surface area contributed by atoms with Crippen LogP contribution in [0.15, 0.2) is 97.2 Å². The summed E-state index contributed by atoms with van der Waals surface area (Å²) in [5, 5.41) is 7.81. The third kappa shape index (κ3) is 4.79. The lowest BCUT2D eigenvalue weighted by Gasteiger charge is -2.06. The first-order valence-electron chi connectivity index (χ1n) is 9.79. The number of benzene rings is 3. The molecule has 0 radical (unpaired) electrons. The molecule has 0 fully saturated rings. The summed E-state index contributed by atoms with van der Waals surface area (Å²) in [4.78, 5) is 12.4. The van der Waals surface area contributed by atoms with Crippen LogP contribution >= 0.6 is 0 Å². The van der Waals surface area contributed by atoms with Gasteiger partial charge in [0.15, 0.2) is 0 Å². The van der Waals surface area contributed by atoms with Crippen molar-refractivity contribution in [3.8, 4) is 16.9 Å². The molecule has 4 heteroatoms. The van der Waals surface area contributed by atoms with Gasteiger partial charge in [-0.15, -0.1) is 0 Å². The normalized spacial score (nSPS) is 10.6. The van der Waals surface area contributed by atoms with Gasteiger partial charge in [-0.05, 0) is 29.7 Å². The number of nitrogens with zero attached hydrogens (tertiary/aromatic N) is 2. The molecular formula is C25H23N3O. The van der Waals surface area contributed by atoms with Gasteiger partial charge in [0.05, 0.1) is 11.4 Å². The molecule has 1 N–H and O–H groups in total. The Morgan fingerprint density at radius 2 is 1.45 bits per heavy atom. The van der Waals surface area contributed by atoms with Crippen molar-refractivity contribution < 1.29 is 4.79 Å². The number of nitrogens with one attached hydrogen (secondary N) is 1. The third-order valence-corrected chi connectivity index (χ3v) is 4.81. The van der Waals surface area contributed by atoms with Gasteiger partial charge in [0.2, 0.25) is 5.91 Å². The van der Waals surface area contributed by atoms with Gasteiger partial charge in [0, 0.05) is 24.7 Å². The van der Waals surface area contributed by atoms with Crippen LogP contribution in [0.5, 0.6) is 0 Å². The van der Waals surface area contributed by atoms with Crippen molar-refractivity contribution in [2.75, 3.05) is 0 Å². The van der Waals surface area contributed by atoms with E-state index < -0.39 is 0 Å². The number of aromatic nitrogens is 2. The van der Waals surface area contributed by atoms with Gasteiger partial charge in [0.25, 0.3) is 0 Å². The zero-order valence-corrected chi connectivity index (χ0v) is 16.2. The number of para-hydroxylation sites is 1. The van der Waals surface area contributed by atoms with Crippen molar-refractivity contribution in [2.45, 2.75) is 19.4 Å². The Kier molecular flexibility index (Phi) is 5.81. The van der Waals surface area contributed by atoms with E-state index in [4.69, 9.17) is 5.10 Å².